The van der Waals surface area contributed by atoms with Crippen LogP contribution >= 0.6 is 11.8 Å². The number of thioether (sulfide) groups is 1. The zero-order valence-corrected chi connectivity index (χ0v) is 15.0. The van der Waals surface area contributed by atoms with Crippen LogP contribution in [0.15, 0.2) is 77.7 Å². The number of carbonyl (C=O) groups is 2. The second-order valence-corrected chi connectivity index (χ2v) is 7.06. The van der Waals surface area contributed by atoms with Crippen molar-refractivity contribution in [1.29, 1.82) is 0 Å². The minimum absolute atomic E-state index is 0.206. The summed E-state index contributed by atoms with van der Waals surface area (Å²) in [5.74, 6) is -0.502. The number of fused-ring (bicyclic) bond motifs is 1. The van der Waals surface area contributed by atoms with Gasteiger partial charge in [0.05, 0.1) is 5.75 Å². The highest BCUT2D eigenvalue weighted by atomic mass is 32.2. The van der Waals surface area contributed by atoms with Gasteiger partial charge < -0.3 is 11.1 Å². The van der Waals surface area contributed by atoms with Crippen LogP contribution in [-0.2, 0) is 16.0 Å². The summed E-state index contributed by atoms with van der Waals surface area (Å²) in [6.45, 7) is 0. The van der Waals surface area contributed by atoms with Crippen LogP contribution in [0.3, 0.4) is 0 Å². The van der Waals surface area contributed by atoms with E-state index < -0.39 is 11.9 Å². The van der Waals surface area contributed by atoms with Crippen LogP contribution in [0.4, 0.5) is 0 Å². The topological polar surface area (TPSA) is 72.2 Å². The molecule has 0 saturated carbocycles. The smallest absolute Gasteiger partial charge is 0.240 e. The maximum atomic E-state index is 12.2. The van der Waals surface area contributed by atoms with Crippen LogP contribution in [0.2, 0.25) is 0 Å². The lowest BCUT2D eigenvalue weighted by atomic mass is 10.1. The van der Waals surface area contributed by atoms with Crippen molar-refractivity contribution in [1.82, 2.24) is 5.32 Å². The fraction of sp³-hybridized carbons (Fsp3) is 0.143. The number of nitrogens with one attached hydrogen (secondary N) is 1. The van der Waals surface area contributed by atoms with E-state index in [9.17, 15) is 9.59 Å². The molecule has 0 aliphatic rings. The molecule has 3 aromatic carbocycles. The average Bonchev–Trinajstić information content (AvgIpc) is 2.66. The SMILES string of the molecule is NC(=O)C(Cc1ccccc1)NC(=O)CSc1ccc2ccccc2c1. The molecular weight excluding hydrogens is 344 g/mol. The number of benzene rings is 3. The molecule has 0 radical (unpaired) electrons. The summed E-state index contributed by atoms with van der Waals surface area (Å²) >= 11 is 1.44. The summed E-state index contributed by atoms with van der Waals surface area (Å²) in [5.41, 5.74) is 6.40. The lowest BCUT2D eigenvalue weighted by molar-refractivity contribution is -0.125. The first kappa shape index (κ1) is 18.0. The van der Waals surface area contributed by atoms with Gasteiger partial charge in [0.15, 0.2) is 0 Å². The largest absolute Gasteiger partial charge is 0.368 e. The number of primary amides is 1. The Bertz CT molecular complexity index is 912. The van der Waals surface area contributed by atoms with Gasteiger partial charge in [-0.3, -0.25) is 9.59 Å². The fourth-order valence-electron chi connectivity index (χ4n) is 2.71. The predicted molar refractivity (Wildman–Crippen MR) is 106 cm³/mol. The van der Waals surface area contributed by atoms with Gasteiger partial charge in [0, 0.05) is 11.3 Å². The third-order valence-electron chi connectivity index (χ3n) is 4.05. The first-order valence-electron chi connectivity index (χ1n) is 8.36. The highest BCUT2D eigenvalue weighted by Crippen LogP contribution is 2.23. The summed E-state index contributed by atoms with van der Waals surface area (Å²) in [6.07, 6.45) is 0.391. The molecule has 3 N–H and O–H groups in total. The van der Waals surface area contributed by atoms with Gasteiger partial charge in [-0.25, -0.2) is 0 Å². The van der Waals surface area contributed by atoms with Crippen molar-refractivity contribution in [2.45, 2.75) is 17.4 Å². The van der Waals surface area contributed by atoms with E-state index in [1.165, 1.54) is 11.8 Å². The molecule has 0 bridgehead atoms. The molecule has 5 heteroatoms. The minimum atomic E-state index is -0.706. The van der Waals surface area contributed by atoms with Crippen molar-refractivity contribution in [3.63, 3.8) is 0 Å². The monoisotopic (exact) mass is 364 g/mol. The van der Waals surface area contributed by atoms with Gasteiger partial charge in [0.1, 0.15) is 6.04 Å². The molecule has 3 rings (SSSR count). The molecule has 2 amide bonds. The molecule has 0 saturated heterocycles. The predicted octanol–water partition coefficient (Wildman–Crippen LogP) is 3.14. The summed E-state index contributed by atoms with van der Waals surface area (Å²) in [4.78, 5) is 24.9. The van der Waals surface area contributed by atoms with E-state index in [0.29, 0.717) is 6.42 Å². The first-order valence-corrected chi connectivity index (χ1v) is 9.34. The normalized spacial score (nSPS) is 11.8. The van der Waals surface area contributed by atoms with Crippen molar-refractivity contribution in [3.8, 4) is 0 Å². The third-order valence-corrected chi connectivity index (χ3v) is 5.05. The maximum absolute atomic E-state index is 12.2. The molecule has 4 nitrogen and oxygen atoms in total. The summed E-state index contributed by atoms with van der Waals surface area (Å²) in [7, 11) is 0. The fourth-order valence-corrected chi connectivity index (χ4v) is 3.47. The number of hydrogen-bond donors (Lipinski definition) is 2. The molecule has 0 spiro atoms. The summed E-state index contributed by atoms with van der Waals surface area (Å²) in [5, 5.41) is 5.04. The molecule has 1 unspecified atom stereocenters. The summed E-state index contributed by atoms with van der Waals surface area (Å²) < 4.78 is 0. The zero-order valence-electron chi connectivity index (χ0n) is 14.2. The van der Waals surface area contributed by atoms with Crippen LogP contribution in [0.5, 0.6) is 0 Å². The molecular formula is C21H20N2O2S. The van der Waals surface area contributed by atoms with Crippen LogP contribution in [0.25, 0.3) is 10.8 Å². The van der Waals surface area contributed by atoms with E-state index in [-0.39, 0.29) is 11.7 Å². The molecule has 0 fully saturated rings. The van der Waals surface area contributed by atoms with E-state index >= 15 is 0 Å². The molecule has 3 aromatic rings. The van der Waals surface area contributed by atoms with Crippen LogP contribution < -0.4 is 11.1 Å². The maximum Gasteiger partial charge on any atom is 0.240 e. The van der Waals surface area contributed by atoms with E-state index in [1.54, 1.807) is 0 Å². The second-order valence-electron chi connectivity index (χ2n) is 6.01. The van der Waals surface area contributed by atoms with Crippen molar-refractivity contribution >= 4 is 34.3 Å². The van der Waals surface area contributed by atoms with E-state index in [4.69, 9.17) is 5.73 Å². The lowest BCUT2D eigenvalue weighted by Gasteiger charge is -2.15. The molecule has 0 aliphatic heterocycles. The van der Waals surface area contributed by atoms with Gasteiger partial charge in [-0.1, -0.05) is 60.7 Å². The van der Waals surface area contributed by atoms with Gasteiger partial charge in [-0.15, -0.1) is 11.8 Å². The first-order chi connectivity index (χ1) is 12.6. The highest BCUT2D eigenvalue weighted by molar-refractivity contribution is 8.00. The Labute approximate surface area is 156 Å². The zero-order chi connectivity index (χ0) is 18.4. The Morgan fingerprint density at radius 3 is 2.35 bits per heavy atom. The van der Waals surface area contributed by atoms with Crippen molar-refractivity contribution in [2.24, 2.45) is 5.73 Å². The van der Waals surface area contributed by atoms with E-state index in [2.05, 4.69) is 17.4 Å². The van der Waals surface area contributed by atoms with Gasteiger partial charge in [0.2, 0.25) is 11.8 Å². The minimum Gasteiger partial charge on any atom is -0.368 e. The highest BCUT2D eigenvalue weighted by Gasteiger charge is 2.18. The van der Waals surface area contributed by atoms with Crippen LogP contribution in [-0.4, -0.2) is 23.6 Å². The Morgan fingerprint density at radius 2 is 1.62 bits per heavy atom. The van der Waals surface area contributed by atoms with Gasteiger partial charge in [-0.05, 0) is 28.5 Å². The Morgan fingerprint density at radius 1 is 0.923 bits per heavy atom. The summed E-state index contributed by atoms with van der Waals surface area (Å²) in [6, 6.07) is 23.0. The molecule has 26 heavy (non-hydrogen) atoms. The standard InChI is InChI=1S/C21H20N2O2S/c22-21(25)19(12-15-6-2-1-3-7-15)23-20(24)14-26-18-11-10-16-8-4-5-9-17(16)13-18/h1-11,13,19H,12,14H2,(H2,22,25)(H,23,24). The number of hydrogen-bond acceptors (Lipinski definition) is 3. The molecule has 1 atom stereocenters. The molecule has 0 aromatic heterocycles. The second kappa shape index (κ2) is 8.54. The molecule has 0 heterocycles. The van der Waals surface area contributed by atoms with Crippen molar-refractivity contribution in [3.05, 3.63) is 78.4 Å². The Hall–Kier alpha value is -2.79. The number of carbonyl (C=O) groups excluding carboxylic acids is 2. The van der Waals surface area contributed by atoms with Gasteiger partial charge >= 0.3 is 0 Å². The molecule has 132 valence electrons. The third kappa shape index (κ3) is 4.86. The Kier molecular flexibility index (Phi) is 5.92. The van der Waals surface area contributed by atoms with Crippen molar-refractivity contribution < 1.29 is 9.59 Å². The van der Waals surface area contributed by atoms with Crippen molar-refractivity contribution in [2.75, 3.05) is 5.75 Å². The van der Waals surface area contributed by atoms with E-state index in [0.717, 1.165) is 21.2 Å². The Balaban J connectivity index is 1.58. The number of amides is 2. The van der Waals surface area contributed by atoms with Crippen LogP contribution in [0, 0.1) is 0 Å². The quantitative estimate of drug-likeness (QED) is 0.633. The number of nitrogens with two attached hydrogens (primary N) is 1. The molecule has 0 aliphatic carbocycles. The van der Waals surface area contributed by atoms with Crippen LogP contribution in [0.1, 0.15) is 5.56 Å². The van der Waals surface area contributed by atoms with E-state index in [1.807, 2.05) is 60.7 Å². The van der Waals surface area contributed by atoms with Gasteiger partial charge in [-0.2, -0.15) is 0 Å². The number of rotatable bonds is 7. The lowest BCUT2D eigenvalue weighted by Crippen LogP contribution is -2.46. The average molecular weight is 364 g/mol. The van der Waals surface area contributed by atoms with Gasteiger partial charge in [0.25, 0.3) is 0 Å².